The SMILES string of the molecule is CCCc1ccc(C(=O)NC(CC)CC(=O)O)cc1. The lowest BCUT2D eigenvalue weighted by atomic mass is 10.1. The molecule has 0 aliphatic rings. The molecule has 1 atom stereocenters. The highest BCUT2D eigenvalue weighted by Crippen LogP contribution is 2.08. The molecule has 2 N–H and O–H groups in total. The predicted molar refractivity (Wildman–Crippen MR) is 74.2 cm³/mol. The lowest BCUT2D eigenvalue weighted by Crippen LogP contribution is -2.36. The molecule has 104 valence electrons. The number of carbonyl (C=O) groups is 2. The Morgan fingerprint density at radius 1 is 1.21 bits per heavy atom. The molecular weight excluding hydrogens is 242 g/mol. The smallest absolute Gasteiger partial charge is 0.305 e. The molecule has 1 amide bonds. The van der Waals surface area contributed by atoms with Gasteiger partial charge in [0.2, 0.25) is 0 Å². The van der Waals surface area contributed by atoms with Crippen molar-refractivity contribution < 1.29 is 14.7 Å². The van der Waals surface area contributed by atoms with Gasteiger partial charge in [0, 0.05) is 11.6 Å². The third kappa shape index (κ3) is 5.12. The van der Waals surface area contributed by atoms with E-state index in [0.717, 1.165) is 12.8 Å². The maximum absolute atomic E-state index is 12.0. The Morgan fingerprint density at radius 3 is 2.32 bits per heavy atom. The third-order valence-corrected chi connectivity index (χ3v) is 3.00. The van der Waals surface area contributed by atoms with Gasteiger partial charge in [0.15, 0.2) is 0 Å². The Balaban J connectivity index is 2.63. The largest absolute Gasteiger partial charge is 0.481 e. The van der Waals surface area contributed by atoms with Crippen LogP contribution in [-0.2, 0) is 11.2 Å². The van der Waals surface area contributed by atoms with Gasteiger partial charge in [-0.15, -0.1) is 0 Å². The lowest BCUT2D eigenvalue weighted by Gasteiger charge is -2.14. The van der Waals surface area contributed by atoms with Crippen LogP contribution < -0.4 is 5.32 Å². The fourth-order valence-corrected chi connectivity index (χ4v) is 1.89. The Morgan fingerprint density at radius 2 is 1.84 bits per heavy atom. The summed E-state index contributed by atoms with van der Waals surface area (Å²) in [7, 11) is 0. The monoisotopic (exact) mass is 263 g/mol. The second kappa shape index (κ2) is 7.56. The Labute approximate surface area is 113 Å². The summed E-state index contributed by atoms with van der Waals surface area (Å²) in [5.74, 6) is -1.11. The van der Waals surface area contributed by atoms with Crippen LogP contribution in [0.15, 0.2) is 24.3 Å². The van der Waals surface area contributed by atoms with Gasteiger partial charge in [-0.2, -0.15) is 0 Å². The molecule has 0 bridgehead atoms. The number of benzene rings is 1. The van der Waals surface area contributed by atoms with E-state index in [1.165, 1.54) is 5.56 Å². The standard InChI is InChI=1S/C15H21NO3/c1-3-5-11-6-8-12(9-7-11)15(19)16-13(4-2)10-14(17)18/h6-9,13H,3-5,10H2,1-2H3,(H,16,19)(H,17,18). The highest BCUT2D eigenvalue weighted by atomic mass is 16.4. The zero-order valence-electron chi connectivity index (χ0n) is 11.5. The number of hydrogen-bond donors (Lipinski definition) is 2. The summed E-state index contributed by atoms with van der Waals surface area (Å²) in [6, 6.07) is 7.13. The van der Waals surface area contributed by atoms with Gasteiger partial charge in [0.1, 0.15) is 0 Å². The van der Waals surface area contributed by atoms with Gasteiger partial charge in [-0.05, 0) is 30.5 Å². The van der Waals surface area contributed by atoms with E-state index in [9.17, 15) is 9.59 Å². The van der Waals surface area contributed by atoms with Gasteiger partial charge in [-0.3, -0.25) is 9.59 Å². The number of carbonyl (C=O) groups excluding carboxylic acids is 1. The van der Waals surface area contributed by atoms with Crippen molar-refractivity contribution in [1.29, 1.82) is 0 Å². The maximum Gasteiger partial charge on any atom is 0.305 e. The summed E-state index contributed by atoms with van der Waals surface area (Å²) in [6.45, 7) is 3.97. The van der Waals surface area contributed by atoms with E-state index in [1.54, 1.807) is 12.1 Å². The molecule has 1 rings (SSSR count). The van der Waals surface area contributed by atoms with Crippen molar-refractivity contribution in [2.24, 2.45) is 0 Å². The molecule has 1 aromatic rings. The average Bonchev–Trinajstić information content (AvgIpc) is 2.38. The van der Waals surface area contributed by atoms with E-state index in [1.807, 2.05) is 19.1 Å². The van der Waals surface area contributed by atoms with Crippen LogP contribution in [0.25, 0.3) is 0 Å². The first-order valence-corrected chi connectivity index (χ1v) is 6.68. The Kier molecular flexibility index (Phi) is 6.06. The maximum atomic E-state index is 12.0. The zero-order valence-corrected chi connectivity index (χ0v) is 11.5. The van der Waals surface area contributed by atoms with Crippen LogP contribution in [-0.4, -0.2) is 23.0 Å². The van der Waals surface area contributed by atoms with Gasteiger partial charge in [-0.25, -0.2) is 0 Å². The van der Waals surface area contributed by atoms with Crippen LogP contribution in [0.4, 0.5) is 0 Å². The molecule has 0 saturated heterocycles. The van der Waals surface area contributed by atoms with Crippen molar-refractivity contribution in [3.05, 3.63) is 35.4 Å². The van der Waals surface area contributed by atoms with Gasteiger partial charge in [0.05, 0.1) is 6.42 Å². The number of rotatable bonds is 7. The highest BCUT2D eigenvalue weighted by molar-refractivity contribution is 5.94. The number of carboxylic acid groups (broad SMARTS) is 1. The highest BCUT2D eigenvalue weighted by Gasteiger charge is 2.15. The molecule has 4 nitrogen and oxygen atoms in total. The summed E-state index contributed by atoms with van der Waals surface area (Å²) in [5, 5.41) is 11.5. The number of hydrogen-bond acceptors (Lipinski definition) is 2. The molecule has 4 heteroatoms. The van der Waals surface area contributed by atoms with E-state index >= 15 is 0 Å². The number of aryl methyl sites for hydroxylation is 1. The van der Waals surface area contributed by atoms with Crippen LogP contribution >= 0.6 is 0 Å². The van der Waals surface area contributed by atoms with Crippen LogP contribution in [0, 0.1) is 0 Å². The third-order valence-electron chi connectivity index (χ3n) is 3.00. The minimum atomic E-state index is -0.898. The first-order valence-electron chi connectivity index (χ1n) is 6.68. The van der Waals surface area contributed by atoms with Crippen molar-refractivity contribution in [1.82, 2.24) is 5.32 Å². The molecule has 19 heavy (non-hydrogen) atoms. The van der Waals surface area contributed by atoms with Crippen LogP contribution in [0.3, 0.4) is 0 Å². The second-order valence-electron chi connectivity index (χ2n) is 4.62. The van der Waals surface area contributed by atoms with Gasteiger partial charge in [-0.1, -0.05) is 32.4 Å². The van der Waals surface area contributed by atoms with E-state index < -0.39 is 5.97 Å². The van der Waals surface area contributed by atoms with E-state index in [0.29, 0.717) is 12.0 Å². The molecule has 0 saturated carbocycles. The molecule has 0 aliphatic heterocycles. The zero-order chi connectivity index (χ0) is 14.3. The van der Waals surface area contributed by atoms with Gasteiger partial charge >= 0.3 is 5.97 Å². The molecule has 0 heterocycles. The molecule has 1 unspecified atom stereocenters. The molecule has 0 aromatic heterocycles. The molecule has 0 fully saturated rings. The Hall–Kier alpha value is -1.84. The van der Waals surface area contributed by atoms with Gasteiger partial charge in [0.25, 0.3) is 5.91 Å². The van der Waals surface area contributed by atoms with Crippen molar-refractivity contribution in [2.75, 3.05) is 0 Å². The fraction of sp³-hybridized carbons (Fsp3) is 0.467. The molecule has 0 radical (unpaired) electrons. The fourth-order valence-electron chi connectivity index (χ4n) is 1.89. The van der Waals surface area contributed by atoms with Crippen LogP contribution in [0.2, 0.25) is 0 Å². The summed E-state index contributed by atoms with van der Waals surface area (Å²) in [5.41, 5.74) is 1.78. The van der Waals surface area contributed by atoms with Crippen LogP contribution in [0.5, 0.6) is 0 Å². The van der Waals surface area contributed by atoms with E-state index in [-0.39, 0.29) is 18.4 Å². The molecule has 0 aliphatic carbocycles. The molecule has 0 spiro atoms. The van der Waals surface area contributed by atoms with Crippen molar-refractivity contribution in [3.63, 3.8) is 0 Å². The lowest BCUT2D eigenvalue weighted by molar-refractivity contribution is -0.137. The summed E-state index contributed by atoms with van der Waals surface area (Å²) < 4.78 is 0. The Bertz CT molecular complexity index is 426. The normalized spacial score (nSPS) is 11.9. The molecular formula is C15H21NO3. The van der Waals surface area contributed by atoms with E-state index in [2.05, 4.69) is 12.2 Å². The minimum Gasteiger partial charge on any atom is -0.481 e. The number of carboxylic acids is 1. The molecule has 1 aromatic carbocycles. The van der Waals surface area contributed by atoms with Crippen LogP contribution in [0.1, 0.15) is 49.0 Å². The summed E-state index contributed by atoms with van der Waals surface area (Å²) in [6.07, 6.45) is 2.63. The van der Waals surface area contributed by atoms with Gasteiger partial charge < -0.3 is 10.4 Å². The van der Waals surface area contributed by atoms with Crippen molar-refractivity contribution in [3.8, 4) is 0 Å². The summed E-state index contributed by atoms with van der Waals surface area (Å²) in [4.78, 5) is 22.6. The number of aliphatic carboxylic acids is 1. The van der Waals surface area contributed by atoms with E-state index in [4.69, 9.17) is 5.11 Å². The minimum absolute atomic E-state index is 0.0455. The summed E-state index contributed by atoms with van der Waals surface area (Å²) >= 11 is 0. The first kappa shape index (κ1) is 15.2. The number of amides is 1. The van der Waals surface area contributed by atoms with Crippen molar-refractivity contribution in [2.45, 2.75) is 45.6 Å². The first-order chi connectivity index (χ1) is 9.06. The second-order valence-corrected chi connectivity index (χ2v) is 4.62. The predicted octanol–water partition coefficient (Wildman–Crippen LogP) is 2.62. The average molecular weight is 263 g/mol. The topological polar surface area (TPSA) is 66.4 Å². The number of nitrogens with one attached hydrogen (secondary N) is 1. The quantitative estimate of drug-likeness (QED) is 0.794. The van der Waals surface area contributed by atoms with Crippen molar-refractivity contribution >= 4 is 11.9 Å².